The number of anilines is 1. The number of allylic oxidation sites excluding steroid dienone is 1. The molecule has 0 saturated carbocycles. The number of carbonyl (C=O) groups is 1. The number of benzene rings is 2. The third-order valence-electron chi connectivity index (χ3n) is 4.47. The average Bonchev–Trinajstić information content (AvgIpc) is 2.75. The number of rotatable bonds is 1. The summed E-state index contributed by atoms with van der Waals surface area (Å²) in [4.78, 5) is 17.1. The molecule has 0 amide bonds. The molecule has 0 aliphatic carbocycles. The Kier molecular flexibility index (Phi) is 4.96. The van der Waals surface area contributed by atoms with Crippen molar-refractivity contribution >= 4 is 75.3 Å². The summed E-state index contributed by atoms with van der Waals surface area (Å²) in [5.41, 5.74) is 3.32. The summed E-state index contributed by atoms with van der Waals surface area (Å²) in [6, 6.07) is 13.8. The van der Waals surface area contributed by atoms with Gasteiger partial charge in [-0.25, -0.2) is 0 Å². The minimum Gasteiger partial charge on any atom is -0.340 e. The number of carbonyl (C=O) groups excluding carboxylic acids is 1. The molecule has 134 valence electrons. The summed E-state index contributed by atoms with van der Waals surface area (Å²) in [6.45, 7) is 0.772. The third kappa shape index (κ3) is 3.25. The fourth-order valence-corrected chi connectivity index (χ4v) is 4.98. The molecule has 2 heterocycles. The summed E-state index contributed by atoms with van der Waals surface area (Å²) >= 11 is 25.7. The Labute approximate surface area is 176 Å². The second kappa shape index (κ2) is 6.96. The lowest BCUT2D eigenvalue weighted by Crippen LogP contribution is -2.33. The first-order valence-corrected chi connectivity index (χ1v) is 10.4. The van der Waals surface area contributed by atoms with E-state index in [0.29, 0.717) is 17.0 Å². The van der Waals surface area contributed by atoms with Crippen molar-refractivity contribution in [2.45, 2.75) is 26.4 Å². The molecule has 0 spiro atoms. The normalized spacial score (nSPS) is 16.5. The number of ketones is 1. The van der Waals surface area contributed by atoms with Gasteiger partial charge in [-0.1, -0.05) is 76.4 Å². The van der Waals surface area contributed by atoms with Crippen LogP contribution in [0.5, 0.6) is 0 Å². The van der Waals surface area contributed by atoms with Gasteiger partial charge < -0.3 is 4.90 Å². The van der Waals surface area contributed by atoms with Crippen LogP contribution in [0, 0.1) is 0 Å². The lowest BCUT2D eigenvalue weighted by molar-refractivity contribution is -0.114. The molecule has 7 heteroatoms. The second-order valence-electron chi connectivity index (χ2n) is 6.12. The Hall–Kier alpha value is -0.840. The fraction of sp³-hybridized carbons (Fsp3) is 0.211. The molecule has 0 bridgehead atoms. The molecule has 0 fully saturated rings. The lowest BCUT2D eigenvalue weighted by Gasteiger charge is -2.34. The van der Waals surface area contributed by atoms with E-state index >= 15 is 0 Å². The van der Waals surface area contributed by atoms with Gasteiger partial charge in [-0.3, -0.25) is 4.79 Å². The Morgan fingerprint density at radius 1 is 1.08 bits per heavy atom. The van der Waals surface area contributed by atoms with Crippen LogP contribution in [0.2, 0.25) is 5.02 Å². The van der Waals surface area contributed by atoms with Gasteiger partial charge in [0.25, 0.3) is 3.79 Å². The maximum Gasteiger partial charge on any atom is 0.253 e. The van der Waals surface area contributed by atoms with Crippen molar-refractivity contribution < 1.29 is 4.79 Å². The van der Waals surface area contributed by atoms with E-state index in [2.05, 4.69) is 4.90 Å². The van der Waals surface area contributed by atoms with Crippen molar-refractivity contribution in [3.8, 4) is 0 Å². The van der Waals surface area contributed by atoms with E-state index in [9.17, 15) is 4.79 Å². The van der Waals surface area contributed by atoms with Crippen LogP contribution in [-0.2, 0) is 4.79 Å². The van der Waals surface area contributed by atoms with Gasteiger partial charge in [0, 0.05) is 32.5 Å². The van der Waals surface area contributed by atoms with E-state index in [0.717, 1.165) is 39.7 Å². The molecule has 0 atom stereocenters. The summed E-state index contributed by atoms with van der Waals surface area (Å²) in [6.07, 6.45) is 1.37. The molecule has 2 aromatic rings. The van der Waals surface area contributed by atoms with Crippen LogP contribution >= 0.6 is 58.2 Å². The molecule has 2 nitrogen and oxygen atoms in total. The summed E-state index contributed by atoms with van der Waals surface area (Å²) in [7, 11) is 0. The second-order valence-corrected chi connectivity index (χ2v) is 9.92. The maximum absolute atomic E-state index is 12.9. The van der Waals surface area contributed by atoms with Crippen molar-refractivity contribution in [2.75, 3.05) is 11.4 Å². The first-order valence-electron chi connectivity index (χ1n) is 8.05. The molecule has 0 saturated heterocycles. The smallest absolute Gasteiger partial charge is 0.253 e. The fourth-order valence-electron chi connectivity index (χ4n) is 3.41. The number of halogens is 4. The van der Waals surface area contributed by atoms with E-state index in [4.69, 9.17) is 46.4 Å². The van der Waals surface area contributed by atoms with Crippen LogP contribution in [0.3, 0.4) is 0 Å². The molecule has 0 unspecified atom stereocenters. The van der Waals surface area contributed by atoms with Crippen LogP contribution in [0.4, 0.5) is 5.69 Å². The Morgan fingerprint density at radius 3 is 2.62 bits per heavy atom. The minimum atomic E-state index is -1.98. The van der Waals surface area contributed by atoms with Crippen molar-refractivity contribution in [1.82, 2.24) is 0 Å². The van der Waals surface area contributed by atoms with Crippen LogP contribution in [0.15, 0.2) is 57.8 Å². The van der Waals surface area contributed by atoms with E-state index in [1.54, 1.807) is 11.8 Å². The average molecular weight is 445 g/mol. The third-order valence-corrected chi connectivity index (χ3v) is 6.36. The van der Waals surface area contributed by atoms with Crippen molar-refractivity contribution in [1.29, 1.82) is 0 Å². The van der Waals surface area contributed by atoms with Gasteiger partial charge >= 0.3 is 0 Å². The minimum absolute atomic E-state index is 0.465. The van der Waals surface area contributed by atoms with Gasteiger partial charge in [-0.15, -0.1) is 0 Å². The topological polar surface area (TPSA) is 20.3 Å². The monoisotopic (exact) mass is 443 g/mol. The number of alkyl halides is 3. The summed E-state index contributed by atoms with van der Waals surface area (Å²) < 4.78 is -1.98. The number of nitrogens with zero attached hydrogens (tertiary/aromatic N) is 1. The largest absolute Gasteiger partial charge is 0.340 e. The van der Waals surface area contributed by atoms with Gasteiger partial charge in [-0.2, -0.15) is 0 Å². The van der Waals surface area contributed by atoms with Crippen molar-refractivity contribution in [2.24, 2.45) is 0 Å². The standard InChI is InChI=1S/C19H13Cl4NOS/c20-11-7-8-16-14(10-11)24-9-3-5-13(18(25)19(21,22)23)17(24)12-4-1-2-6-15(12)26-16/h1-2,4,6-8,10H,3,5,9H2. The van der Waals surface area contributed by atoms with Gasteiger partial charge in [0.15, 0.2) is 0 Å². The molecular weight excluding hydrogens is 432 g/mol. The molecule has 0 N–H and O–H groups in total. The highest BCUT2D eigenvalue weighted by molar-refractivity contribution is 7.99. The number of hydrogen-bond donors (Lipinski definition) is 0. The Morgan fingerprint density at radius 2 is 1.85 bits per heavy atom. The molecule has 0 radical (unpaired) electrons. The lowest BCUT2D eigenvalue weighted by atomic mass is 9.93. The van der Waals surface area contributed by atoms with E-state index < -0.39 is 9.58 Å². The zero-order valence-corrected chi connectivity index (χ0v) is 17.3. The highest BCUT2D eigenvalue weighted by Crippen LogP contribution is 2.49. The van der Waals surface area contributed by atoms with Crippen LogP contribution in [-0.4, -0.2) is 16.1 Å². The van der Waals surface area contributed by atoms with Crippen LogP contribution < -0.4 is 4.90 Å². The Balaban J connectivity index is 2.03. The number of hydrogen-bond acceptors (Lipinski definition) is 3. The van der Waals surface area contributed by atoms with Crippen molar-refractivity contribution in [3.63, 3.8) is 0 Å². The Bertz CT molecular complexity index is 935. The SMILES string of the molecule is O=C(C1=C2c3ccccc3Sc3ccc(Cl)cc3N2CCC1)C(Cl)(Cl)Cl. The quantitative estimate of drug-likeness (QED) is 0.453. The molecule has 26 heavy (non-hydrogen) atoms. The predicted molar refractivity (Wildman–Crippen MR) is 111 cm³/mol. The summed E-state index contributed by atoms with van der Waals surface area (Å²) in [5.74, 6) is -0.465. The zero-order valence-electron chi connectivity index (χ0n) is 13.4. The molecule has 2 aliphatic heterocycles. The van der Waals surface area contributed by atoms with Crippen LogP contribution in [0.1, 0.15) is 18.4 Å². The van der Waals surface area contributed by atoms with Gasteiger partial charge in [0.1, 0.15) is 0 Å². The van der Waals surface area contributed by atoms with E-state index in [-0.39, 0.29) is 0 Å². The molecular formula is C19H13Cl4NOS. The number of fused-ring (bicyclic) bond motifs is 5. The summed E-state index contributed by atoms with van der Waals surface area (Å²) in [5, 5.41) is 0.648. The van der Waals surface area contributed by atoms with E-state index in [1.165, 1.54) is 0 Å². The highest BCUT2D eigenvalue weighted by atomic mass is 35.6. The molecule has 2 aromatic carbocycles. The molecule has 0 aromatic heterocycles. The first kappa shape index (κ1) is 18.5. The van der Waals surface area contributed by atoms with Gasteiger partial charge in [0.05, 0.1) is 11.4 Å². The predicted octanol–water partition coefficient (Wildman–Crippen LogP) is 6.76. The zero-order chi connectivity index (χ0) is 18.5. The molecule has 2 aliphatic rings. The first-order chi connectivity index (χ1) is 12.4. The maximum atomic E-state index is 12.9. The highest BCUT2D eigenvalue weighted by Gasteiger charge is 2.39. The van der Waals surface area contributed by atoms with Gasteiger partial charge in [-0.05, 0) is 37.1 Å². The number of Topliss-reactive ketones (excluding diaryl/α,β-unsaturated/α-hetero) is 1. The van der Waals surface area contributed by atoms with Gasteiger partial charge in [0.2, 0.25) is 5.78 Å². The molecule has 4 rings (SSSR count). The van der Waals surface area contributed by atoms with Crippen molar-refractivity contribution in [3.05, 3.63) is 58.6 Å². The van der Waals surface area contributed by atoms with E-state index in [1.807, 2.05) is 42.5 Å². The van der Waals surface area contributed by atoms with Crippen LogP contribution in [0.25, 0.3) is 5.70 Å².